The van der Waals surface area contributed by atoms with Gasteiger partial charge in [0.25, 0.3) is 0 Å². The molecule has 0 spiro atoms. The number of fused-ring (bicyclic) bond motifs is 1. The summed E-state index contributed by atoms with van der Waals surface area (Å²) in [7, 11) is -3.64. The van der Waals surface area contributed by atoms with Gasteiger partial charge in [0.2, 0.25) is 10.0 Å². The van der Waals surface area contributed by atoms with E-state index in [-0.39, 0.29) is 12.2 Å². The molecule has 5 nitrogen and oxygen atoms in total. The van der Waals surface area contributed by atoms with Gasteiger partial charge in [-0.15, -0.1) is 0 Å². The van der Waals surface area contributed by atoms with Gasteiger partial charge in [-0.2, -0.15) is 0 Å². The van der Waals surface area contributed by atoms with Crippen LogP contribution in [-0.2, 0) is 16.4 Å². The molecule has 1 N–H and O–H groups in total. The lowest BCUT2D eigenvalue weighted by Crippen LogP contribution is -2.18. The summed E-state index contributed by atoms with van der Waals surface area (Å²) in [5.74, 6) is -0.175. The zero-order chi connectivity index (χ0) is 16.4. The fourth-order valence-corrected chi connectivity index (χ4v) is 3.39. The van der Waals surface area contributed by atoms with Gasteiger partial charge in [0.15, 0.2) is 11.5 Å². The molecular weight excluding hydrogens is 319 g/mol. The first-order valence-corrected chi connectivity index (χ1v) is 8.70. The second-order valence-corrected chi connectivity index (χ2v) is 6.99. The number of sulfonamides is 1. The van der Waals surface area contributed by atoms with E-state index in [1.54, 1.807) is 43.3 Å². The topological polar surface area (TPSA) is 72.2 Å². The molecular formula is C16H15FN2O3S. The van der Waals surface area contributed by atoms with E-state index in [1.807, 2.05) is 0 Å². The quantitative estimate of drug-likeness (QED) is 0.777. The zero-order valence-corrected chi connectivity index (χ0v) is 13.2. The average Bonchev–Trinajstić information content (AvgIpc) is 2.88. The van der Waals surface area contributed by atoms with Crippen LogP contribution < -0.4 is 4.72 Å². The van der Waals surface area contributed by atoms with Crippen molar-refractivity contribution in [2.75, 3.05) is 10.5 Å². The molecule has 0 fully saturated rings. The van der Waals surface area contributed by atoms with E-state index in [0.29, 0.717) is 28.2 Å². The Labute approximate surface area is 133 Å². The number of anilines is 1. The predicted octanol–water partition coefficient (Wildman–Crippen LogP) is 3.26. The molecule has 0 bridgehead atoms. The number of hydrogen-bond acceptors (Lipinski definition) is 4. The van der Waals surface area contributed by atoms with Gasteiger partial charge < -0.3 is 4.42 Å². The molecule has 3 rings (SSSR count). The maximum atomic E-state index is 13.6. The fraction of sp³-hybridized carbons (Fsp3) is 0.188. The Kier molecular flexibility index (Phi) is 4.04. The van der Waals surface area contributed by atoms with Crippen LogP contribution in [0.3, 0.4) is 0 Å². The lowest BCUT2D eigenvalue weighted by Gasteiger charge is -2.08. The lowest BCUT2D eigenvalue weighted by atomic mass is 10.2. The molecule has 0 aliphatic rings. The monoisotopic (exact) mass is 334 g/mol. The van der Waals surface area contributed by atoms with Gasteiger partial charge in [-0.05, 0) is 30.2 Å². The van der Waals surface area contributed by atoms with Crippen molar-refractivity contribution in [3.05, 3.63) is 59.7 Å². The number of hydrogen-bond donors (Lipinski definition) is 1. The SMILES string of the molecule is Cc1nc2cccc(NS(=O)(=O)CCc3ccccc3F)c2o1. The van der Waals surface area contributed by atoms with Crippen LogP contribution >= 0.6 is 0 Å². The number of para-hydroxylation sites is 1. The Morgan fingerprint density at radius 3 is 2.74 bits per heavy atom. The van der Waals surface area contributed by atoms with Crippen molar-refractivity contribution >= 4 is 26.8 Å². The van der Waals surface area contributed by atoms with E-state index in [0.717, 1.165) is 0 Å². The number of oxazole rings is 1. The molecule has 0 aliphatic heterocycles. The van der Waals surface area contributed by atoms with Crippen LogP contribution in [0.15, 0.2) is 46.9 Å². The van der Waals surface area contributed by atoms with Crippen molar-refractivity contribution in [2.45, 2.75) is 13.3 Å². The Morgan fingerprint density at radius 2 is 1.96 bits per heavy atom. The van der Waals surface area contributed by atoms with Crippen molar-refractivity contribution in [1.82, 2.24) is 4.98 Å². The second kappa shape index (κ2) is 6.00. The number of rotatable bonds is 5. The third kappa shape index (κ3) is 3.50. The number of halogens is 1. The molecule has 0 atom stereocenters. The van der Waals surface area contributed by atoms with E-state index in [9.17, 15) is 12.8 Å². The first-order valence-electron chi connectivity index (χ1n) is 7.05. The minimum absolute atomic E-state index is 0.0907. The van der Waals surface area contributed by atoms with Gasteiger partial charge in [-0.25, -0.2) is 17.8 Å². The Hall–Kier alpha value is -2.41. The normalized spacial score (nSPS) is 11.7. The highest BCUT2D eigenvalue weighted by Gasteiger charge is 2.16. The molecule has 23 heavy (non-hydrogen) atoms. The van der Waals surface area contributed by atoms with Gasteiger partial charge in [0.1, 0.15) is 11.3 Å². The second-order valence-electron chi connectivity index (χ2n) is 5.15. The van der Waals surface area contributed by atoms with Crippen LogP contribution in [0.1, 0.15) is 11.5 Å². The average molecular weight is 334 g/mol. The molecule has 1 aromatic heterocycles. The summed E-state index contributed by atoms with van der Waals surface area (Å²) in [6.07, 6.45) is 0.0907. The minimum Gasteiger partial charge on any atom is -0.439 e. The molecule has 3 aromatic rings. The summed E-state index contributed by atoms with van der Waals surface area (Å²) in [4.78, 5) is 4.16. The molecule has 0 saturated heterocycles. The van der Waals surface area contributed by atoms with Gasteiger partial charge in [0.05, 0.1) is 11.4 Å². The molecule has 120 valence electrons. The molecule has 0 unspecified atom stereocenters. The fourth-order valence-electron chi connectivity index (χ4n) is 2.30. The largest absolute Gasteiger partial charge is 0.439 e. The van der Waals surface area contributed by atoms with Crippen LogP contribution in [0.4, 0.5) is 10.1 Å². The Balaban J connectivity index is 1.79. The van der Waals surface area contributed by atoms with Gasteiger partial charge >= 0.3 is 0 Å². The standard InChI is InChI=1S/C16H15FN2O3S/c1-11-18-14-7-4-8-15(16(14)22-11)19-23(20,21)10-9-12-5-2-3-6-13(12)17/h2-8,19H,9-10H2,1H3. The molecule has 0 amide bonds. The summed E-state index contributed by atoms with van der Waals surface area (Å²) in [5.41, 5.74) is 1.67. The molecule has 0 radical (unpaired) electrons. The van der Waals surface area contributed by atoms with Crippen LogP contribution in [-0.4, -0.2) is 19.2 Å². The van der Waals surface area contributed by atoms with Crippen molar-refractivity contribution in [2.24, 2.45) is 0 Å². The number of aromatic nitrogens is 1. The van der Waals surface area contributed by atoms with E-state index < -0.39 is 15.8 Å². The van der Waals surface area contributed by atoms with Crippen molar-refractivity contribution in [3.8, 4) is 0 Å². The molecule has 7 heteroatoms. The third-order valence-corrected chi connectivity index (χ3v) is 4.66. The van der Waals surface area contributed by atoms with E-state index >= 15 is 0 Å². The Morgan fingerprint density at radius 1 is 1.17 bits per heavy atom. The van der Waals surface area contributed by atoms with E-state index in [2.05, 4.69) is 9.71 Å². The molecule has 0 saturated carbocycles. The highest BCUT2D eigenvalue weighted by molar-refractivity contribution is 7.92. The minimum atomic E-state index is -3.64. The summed E-state index contributed by atoms with van der Waals surface area (Å²) in [5, 5.41) is 0. The van der Waals surface area contributed by atoms with E-state index in [1.165, 1.54) is 6.07 Å². The zero-order valence-electron chi connectivity index (χ0n) is 12.4. The molecule has 0 aliphatic carbocycles. The first kappa shape index (κ1) is 15.5. The number of nitrogens with zero attached hydrogens (tertiary/aromatic N) is 1. The Bertz CT molecular complexity index is 951. The maximum absolute atomic E-state index is 13.6. The number of benzene rings is 2. The predicted molar refractivity (Wildman–Crippen MR) is 86.3 cm³/mol. The van der Waals surface area contributed by atoms with Crippen LogP contribution in [0, 0.1) is 12.7 Å². The first-order chi connectivity index (χ1) is 10.9. The molecule has 2 aromatic carbocycles. The van der Waals surface area contributed by atoms with Crippen molar-refractivity contribution in [1.29, 1.82) is 0 Å². The van der Waals surface area contributed by atoms with Crippen LogP contribution in [0.2, 0.25) is 0 Å². The van der Waals surface area contributed by atoms with Crippen molar-refractivity contribution in [3.63, 3.8) is 0 Å². The summed E-state index contributed by atoms with van der Waals surface area (Å²) in [6, 6.07) is 11.2. The highest BCUT2D eigenvalue weighted by atomic mass is 32.2. The highest BCUT2D eigenvalue weighted by Crippen LogP contribution is 2.25. The van der Waals surface area contributed by atoms with Crippen LogP contribution in [0.25, 0.3) is 11.1 Å². The van der Waals surface area contributed by atoms with Gasteiger partial charge in [-0.3, -0.25) is 4.72 Å². The van der Waals surface area contributed by atoms with Crippen molar-refractivity contribution < 1.29 is 17.2 Å². The van der Waals surface area contributed by atoms with E-state index in [4.69, 9.17) is 4.42 Å². The van der Waals surface area contributed by atoms with Gasteiger partial charge in [-0.1, -0.05) is 24.3 Å². The number of aryl methyl sites for hydroxylation is 2. The smallest absolute Gasteiger partial charge is 0.233 e. The van der Waals surface area contributed by atoms with Gasteiger partial charge in [0, 0.05) is 6.92 Å². The van der Waals surface area contributed by atoms with Crippen LogP contribution in [0.5, 0.6) is 0 Å². The maximum Gasteiger partial charge on any atom is 0.233 e. The summed E-state index contributed by atoms with van der Waals surface area (Å²) in [6.45, 7) is 1.69. The lowest BCUT2D eigenvalue weighted by molar-refractivity contribution is 0.561. The third-order valence-electron chi connectivity index (χ3n) is 3.39. The molecule has 1 heterocycles. The summed E-state index contributed by atoms with van der Waals surface area (Å²) >= 11 is 0. The summed E-state index contributed by atoms with van der Waals surface area (Å²) < 4.78 is 46.0. The number of nitrogens with one attached hydrogen (secondary N) is 1.